The predicted octanol–water partition coefficient (Wildman–Crippen LogP) is 0.658. The van der Waals surface area contributed by atoms with Gasteiger partial charge in [-0.05, 0) is 23.3 Å². The molecule has 1 amide bonds. The lowest BCUT2D eigenvalue weighted by molar-refractivity contribution is -0.931. The number of aromatic nitrogens is 4. The van der Waals surface area contributed by atoms with Gasteiger partial charge in [-0.25, -0.2) is 4.68 Å². The molecule has 0 radical (unpaired) electrons. The highest BCUT2D eigenvalue weighted by Crippen LogP contribution is 2.31. The molecule has 138 valence electrons. The number of quaternary nitrogens is 1. The van der Waals surface area contributed by atoms with Gasteiger partial charge in [0, 0.05) is 24.3 Å². The van der Waals surface area contributed by atoms with Gasteiger partial charge in [0.25, 0.3) is 0 Å². The van der Waals surface area contributed by atoms with Gasteiger partial charge in [-0.15, -0.1) is 5.10 Å². The van der Waals surface area contributed by atoms with E-state index in [1.165, 1.54) is 23.3 Å². The van der Waals surface area contributed by atoms with Gasteiger partial charge < -0.3 is 10.6 Å². The fourth-order valence-corrected chi connectivity index (χ4v) is 4.57. The first-order valence-electron chi connectivity index (χ1n) is 9.70. The van der Waals surface area contributed by atoms with Gasteiger partial charge in [0.1, 0.15) is 0 Å². The number of nitrogens with zero attached hydrogens (tertiary/aromatic N) is 4. The molecule has 2 aromatic rings. The third-order valence-corrected chi connectivity index (χ3v) is 6.02. The fourth-order valence-electron chi connectivity index (χ4n) is 4.57. The Balaban J connectivity index is 1.65. The van der Waals surface area contributed by atoms with Crippen LogP contribution in [0.1, 0.15) is 62.0 Å². The van der Waals surface area contributed by atoms with Crippen molar-refractivity contribution in [3.8, 4) is 0 Å². The van der Waals surface area contributed by atoms with Crippen LogP contribution < -0.4 is 10.6 Å². The average molecular weight is 355 g/mol. The second-order valence-corrected chi connectivity index (χ2v) is 7.60. The van der Waals surface area contributed by atoms with Gasteiger partial charge in [-0.3, -0.25) is 4.79 Å². The Morgan fingerprint density at radius 3 is 2.46 bits per heavy atom. The fraction of sp³-hybridized carbons (Fsp3) is 0.579. The van der Waals surface area contributed by atoms with Crippen molar-refractivity contribution in [2.45, 2.75) is 50.6 Å². The molecule has 7 nitrogen and oxygen atoms in total. The summed E-state index contributed by atoms with van der Waals surface area (Å²) in [5, 5.41) is 12.8. The van der Waals surface area contributed by atoms with Crippen molar-refractivity contribution in [3.63, 3.8) is 0 Å². The van der Waals surface area contributed by atoms with Gasteiger partial charge in [-0.1, -0.05) is 43.2 Å². The van der Waals surface area contributed by atoms with Gasteiger partial charge >= 0.3 is 0 Å². The van der Waals surface area contributed by atoms with Crippen LogP contribution in [0.3, 0.4) is 0 Å². The van der Waals surface area contributed by atoms with E-state index in [1.807, 2.05) is 6.07 Å². The van der Waals surface area contributed by atoms with Gasteiger partial charge in [-0.2, -0.15) is 0 Å². The zero-order valence-corrected chi connectivity index (χ0v) is 15.1. The van der Waals surface area contributed by atoms with Crippen molar-refractivity contribution >= 4 is 5.91 Å². The molecule has 1 saturated carbocycles. The van der Waals surface area contributed by atoms with Crippen LogP contribution in [0.25, 0.3) is 0 Å². The summed E-state index contributed by atoms with van der Waals surface area (Å²) < 4.78 is 2.07. The standard InChI is InChI=1S/C19H26N6O/c20-18(26)15-10-12-24(13-11-15)17(14-6-2-1-3-7-14)19-21-22-23-25(19)16-8-4-5-9-16/h1-3,6-7,15-17H,4-5,8-13H2,(H2,20,26)/p+1/t17-/m1/s1. The number of piperidine rings is 1. The van der Waals surface area contributed by atoms with Crippen LogP contribution in [-0.2, 0) is 4.79 Å². The van der Waals surface area contributed by atoms with Crippen LogP contribution in [0.2, 0.25) is 0 Å². The molecule has 0 spiro atoms. The minimum absolute atomic E-state index is 0.000926. The molecule has 1 saturated heterocycles. The summed E-state index contributed by atoms with van der Waals surface area (Å²) >= 11 is 0. The Morgan fingerprint density at radius 2 is 1.81 bits per heavy atom. The van der Waals surface area contributed by atoms with E-state index in [9.17, 15) is 4.79 Å². The molecule has 3 N–H and O–H groups in total. The van der Waals surface area contributed by atoms with Crippen LogP contribution in [0.4, 0.5) is 0 Å². The molecule has 1 aliphatic heterocycles. The Bertz CT molecular complexity index is 731. The number of benzene rings is 1. The van der Waals surface area contributed by atoms with Gasteiger partial charge in [0.2, 0.25) is 11.7 Å². The van der Waals surface area contributed by atoms with Crippen molar-refractivity contribution in [3.05, 3.63) is 41.7 Å². The molecule has 2 heterocycles. The zero-order valence-electron chi connectivity index (χ0n) is 15.1. The first-order chi connectivity index (χ1) is 12.7. The van der Waals surface area contributed by atoms with Crippen molar-refractivity contribution in [2.24, 2.45) is 11.7 Å². The summed E-state index contributed by atoms with van der Waals surface area (Å²) in [5.74, 6) is 0.785. The number of likely N-dealkylation sites (tertiary alicyclic amines) is 1. The third kappa shape index (κ3) is 3.35. The first kappa shape index (κ1) is 17.1. The van der Waals surface area contributed by atoms with Crippen LogP contribution in [0, 0.1) is 5.92 Å². The molecule has 1 aromatic heterocycles. The molecule has 4 rings (SSSR count). The van der Waals surface area contributed by atoms with Crippen molar-refractivity contribution in [1.29, 1.82) is 0 Å². The number of hydrogen-bond acceptors (Lipinski definition) is 4. The lowest BCUT2D eigenvalue weighted by Gasteiger charge is -2.33. The Labute approximate surface area is 153 Å². The Hall–Kier alpha value is -2.28. The molecular weight excluding hydrogens is 328 g/mol. The number of nitrogens with one attached hydrogen (secondary N) is 1. The number of hydrogen-bond donors (Lipinski definition) is 2. The van der Waals surface area contributed by atoms with Gasteiger partial charge in [0.15, 0.2) is 6.04 Å². The minimum Gasteiger partial charge on any atom is -0.369 e. The van der Waals surface area contributed by atoms with E-state index < -0.39 is 0 Å². The molecule has 0 bridgehead atoms. The summed E-state index contributed by atoms with van der Waals surface area (Å²) in [6.07, 6.45) is 6.46. The lowest BCUT2D eigenvalue weighted by Crippen LogP contribution is -3.13. The van der Waals surface area contributed by atoms with Crippen molar-refractivity contribution in [1.82, 2.24) is 20.2 Å². The van der Waals surface area contributed by atoms with E-state index in [0.717, 1.165) is 44.6 Å². The summed E-state index contributed by atoms with van der Waals surface area (Å²) in [6, 6.07) is 11.0. The molecule has 26 heavy (non-hydrogen) atoms. The van der Waals surface area contributed by atoms with E-state index in [2.05, 4.69) is 44.5 Å². The summed E-state index contributed by atoms with van der Waals surface area (Å²) in [5.41, 5.74) is 6.75. The van der Waals surface area contributed by atoms with Crippen molar-refractivity contribution in [2.75, 3.05) is 13.1 Å². The van der Waals surface area contributed by atoms with E-state index in [1.54, 1.807) is 0 Å². The quantitative estimate of drug-likeness (QED) is 0.824. The third-order valence-electron chi connectivity index (χ3n) is 6.02. The molecule has 0 unspecified atom stereocenters. The maximum atomic E-state index is 11.5. The number of carbonyl (C=O) groups is 1. The number of nitrogens with two attached hydrogens (primary N) is 1. The smallest absolute Gasteiger partial charge is 0.220 e. The molecule has 1 aliphatic carbocycles. The van der Waals surface area contributed by atoms with Crippen LogP contribution in [-0.4, -0.2) is 39.2 Å². The highest BCUT2D eigenvalue weighted by Gasteiger charge is 2.37. The molecule has 1 atom stereocenters. The zero-order chi connectivity index (χ0) is 17.9. The highest BCUT2D eigenvalue weighted by atomic mass is 16.1. The number of amides is 1. The largest absolute Gasteiger partial charge is 0.369 e. The van der Waals surface area contributed by atoms with E-state index in [0.29, 0.717) is 6.04 Å². The first-order valence-corrected chi connectivity index (χ1v) is 9.70. The Morgan fingerprint density at radius 1 is 1.12 bits per heavy atom. The number of carbonyl (C=O) groups excluding carboxylic acids is 1. The average Bonchev–Trinajstić information content (AvgIpc) is 3.35. The van der Waals surface area contributed by atoms with E-state index in [4.69, 9.17) is 5.73 Å². The van der Waals surface area contributed by atoms with E-state index in [-0.39, 0.29) is 17.9 Å². The maximum Gasteiger partial charge on any atom is 0.220 e. The summed E-state index contributed by atoms with van der Waals surface area (Å²) in [4.78, 5) is 13.0. The molecule has 1 aromatic carbocycles. The molecule has 2 aliphatic rings. The van der Waals surface area contributed by atoms with Crippen LogP contribution >= 0.6 is 0 Å². The highest BCUT2D eigenvalue weighted by molar-refractivity contribution is 5.76. The second-order valence-electron chi connectivity index (χ2n) is 7.60. The monoisotopic (exact) mass is 355 g/mol. The van der Waals surface area contributed by atoms with Gasteiger partial charge in [0.05, 0.1) is 19.1 Å². The maximum absolute atomic E-state index is 11.5. The lowest BCUT2D eigenvalue weighted by atomic mass is 9.93. The topological polar surface area (TPSA) is 91.1 Å². The normalized spacial score (nSPS) is 25.2. The van der Waals surface area contributed by atoms with E-state index >= 15 is 0 Å². The molecular formula is C19H27N6O+. The van der Waals surface area contributed by atoms with Crippen molar-refractivity contribution < 1.29 is 9.69 Å². The second kappa shape index (κ2) is 7.53. The summed E-state index contributed by atoms with van der Waals surface area (Å²) in [6.45, 7) is 1.81. The number of rotatable bonds is 5. The predicted molar refractivity (Wildman–Crippen MR) is 96.2 cm³/mol. The minimum atomic E-state index is -0.170. The molecule has 7 heteroatoms. The molecule has 2 fully saturated rings. The SMILES string of the molecule is NC(=O)C1CC[NH+]([C@H](c2ccccc2)c2nnnn2C2CCCC2)CC1. The van der Waals surface area contributed by atoms with Crippen LogP contribution in [0.5, 0.6) is 0 Å². The number of tetrazole rings is 1. The number of primary amides is 1. The summed E-state index contributed by atoms with van der Waals surface area (Å²) in [7, 11) is 0. The Kier molecular flexibility index (Phi) is 4.97. The van der Waals surface area contributed by atoms with Crippen LogP contribution in [0.15, 0.2) is 30.3 Å².